The highest BCUT2D eigenvalue weighted by Crippen LogP contribution is 2.34. The molecule has 4 atom stereocenters. The molecule has 0 aromatic carbocycles. The average molecular weight is 236 g/mol. The molecule has 2 heterocycles. The first-order valence-electron chi connectivity index (χ1n) is 7.79. The van der Waals surface area contributed by atoms with Gasteiger partial charge < -0.3 is 5.32 Å². The van der Waals surface area contributed by atoms with E-state index in [9.17, 15) is 0 Å². The lowest BCUT2D eigenvalue weighted by Crippen LogP contribution is -2.41. The van der Waals surface area contributed by atoms with Crippen LogP contribution >= 0.6 is 0 Å². The van der Waals surface area contributed by atoms with Crippen LogP contribution in [0.1, 0.15) is 51.9 Å². The number of hydrogen-bond acceptors (Lipinski definition) is 2. The Morgan fingerprint density at radius 1 is 1.06 bits per heavy atom. The minimum absolute atomic E-state index is 0.861. The van der Waals surface area contributed by atoms with E-state index in [1.165, 1.54) is 64.6 Å². The third kappa shape index (κ3) is 2.68. The Labute approximate surface area is 106 Å². The average Bonchev–Trinajstić information content (AvgIpc) is 2.52. The van der Waals surface area contributed by atoms with E-state index in [1.54, 1.807) is 0 Å². The van der Waals surface area contributed by atoms with Gasteiger partial charge in [0.1, 0.15) is 0 Å². The van der Waals surface area contributed by atoms with Crippen LogP contribution in [0.4, 0.5) is 0 Å². The van der Waals surface area contributed by atoms with Gasteiger partial charge in [-0.15, -0.1) is 0 Å². The molecule has 3 aliphatic rings. The zero-order chi connectivity index (χ0) is 11.7. The molecule has 3 rings (SSSR count). The van der Waals surface area contributed by atoms with E-state index in [0.717, 1.165) is 23.9 Å². The van der Waals surface area contributed by atoms with Crippen LogP contribution in [0.5, 0.6) is 0 Å². The summed E-state index contributed by atoms with van der Waals surface area (Å²) >= 11 is 0. The van der Waals surface area contributed by atoms with Crippen molar-refractivity contribution in [3.05, 3.63) is 0 Å². The van der Waals surface area contributed by atoms with Gasteiger partial charge in [0.05, 0.1) is 0 Å². The lowest BCUT2D eigenvalue weighted by Gasteiger charge is -2.35. The molecule has 98 valence electrons. The van der Waals surface area contributed by atoms with Gasteiger partial charge in [-0.25, -0.2) is 0 Å². The van der Waals surface area contributed by atoms with E-state index >= 15 is 0 Å². The van der Waals surface area contributed by atoms with Gasteiger partial charge in [0.2, 0.25) is 0 Å². The maximum absolute atomic E-state index is 3.61. The van der Waals surface area contributed by atoms with E-state index in [2.05, 4.69) is 17.1 Å². The maximum Gasteiger partial charge on any atom is 0.0224 e. The Bertz CT molecular complexity index is 239. The summed E-state index contributed by atoms with van der Waals surface area (Å²) in [7, 11) is 0. The third-order valence-electron chi connectivity index (χ3n) is 5.32. The van der Waals surface area contributed by atoms with Gasteiger partial charge in [0, 0.05) is 25.2 Å². The molecule has 0 aromatic heterocycles. The van der Waals surface area contributed by atoms with Crippen LogP contribution in [-0.2, 0) is 0 Å². The fourth-order valence-corrected chi connectivity index (χ4v) is 4.40. The summed E-state index contributed by atoms with van der Waals surface area (Å²) in [5.41, 5.74) is 0. The highest BCUT2D eigenvalue weighted by atomic mass is 15.2. The Balaban J connectivity index is 1.59. The van der Waals surface area contributed by atoms with E-state index in [4.69, 9.17) is 0 Å². The van der Waals surface area contributed by atoms with Crippen LogP contribution in [0.3, 0.4) is 0 Å². The number of hydrogen-bond donors (Lipinski definition) is 1. The van der Waals surface area contributed by atoms with Crippen molar-refractivity contribution in [2.45, 2.75) is 64.0 Å². The van der Waals surface area contributed by atoms with Crippen LogP contribution in [-0.4, -0.2) is 36.6 Å². The van der Waals surface area contributed by atoms with Crippen LogP contribution in [0.25, 0.3) is 0 Å². The summed E-state index contributed by atoms with van der Waals surface area (Å²) in [5, 5.41) is 3.61. The first-order valence-corrected chi connectivity index (χ1v) is 7.79. The van der Waals surface area contributed by atoms with Crippen molar-refractivity contribution in [1.82, 2.24) is 10.2 Å². The predicted octanol–water partition coefficient (Wildman–Crippen LogP) is 2.64. The van der Waals surface area contributed by atoms with Gasteiger partial charge in [-0.05, 0) is 50.5 Å². The normalized spacial score (nSPS) is 43.6. The number of rotatable bonds is 2. The zero-order valence-corrected chi connectivity index (χ0v) is 11.3. The van der Waals surface area contributed by atoms with Crippen molar-refractivity contribution in [2.24, 2.45) is 11.8 Å². The highest BCUT2D eigenvalue weighted by molar-refractivity contribution is 4.93. The van der Waals surface area contributed by atoms with E-state index in [-0.39, 0.29) is 0 Å². The second-order valence-electron chi connectivity index (χ2n) is 6.71. The van der Waals surface area contributed by atoms with Crippen molar-refractivity contribution in [2.75, 3.05) is 19.6 Å². The monoisotopic (exact) mass is 236 g/mol. The Morgan fingerprint density at radius 3 is 2.82 bits per heavy atom. The van der Waals surface area contributed by atoms with Crippen molar-refractivity contribution >= 4 is 0 Å². The fraction of sp³-hybridized carbons (Fsp3) is 1.00. The molecule has 1 saturated carbocycles. The van der Waals surface area contributed by atoms with Gasteiger partial charge in [-0.2, -0.15) is 0 Å². The summed E-state index contributed by atoms with van der Waals surface area (Å²) in [4.78, 5) is 2.88. The quantitative estimate of drug-likeness (QED) is 0.793. The lowest BCUT2D eigenvalue weighted by atomic mass is 9.82. The Kier molecular flexibility index (Phi) is 3.72. The maximum atomic E-state index is 3.61. The molecule has 17 heavy (non-hydrogen) atoms. The number of nitrogens with zero attached hydrogens (tertiary/aromatic N) is 1. The second-order valence-corrected chi connectivity index (χ2v) is 6.71. The molecule has 0 spiro atoms. The Hall–Kier alpha value is -0.0800. The van der Waals surface area contributed by atoms with Crippen molar-refractivity contribution in [3.63, 3.8) is 0 Å². The topological polar surface area (TPSA) is 15.3 Å². The largest absolute Gasteiger partial charge is 0.315 e. The highest BCUT2D eigenvalue weighted by Gasteiger charge is 2.36. The minimum atomic E-state index is 0.861. The fourth-order valence-electron chi connectivity index (χ4n) is 4.40. The molecule has 1 N–H and O–H groups in total. The van der Waals surface area contributed by atoms with Crippen molar-refractivity contribution in [3.8, 4) is 0 Å². The molecule has 0 aromatic rings. The van der Waals surface area contributed by atoms with Crippen LogP contribution in [0, 0.1) is 11.8 Å². The molecular weight excluding hydrogens is 208 g/mol. The van der Waals surface area contributed by atoms with Crippen LogP contribution in [0.2, 0.25) is 0 Å². The first-order chi connectivity index (χ1) is 8.33. The molecule has 2 aliphatic heterocycles. The SMILES string of the molecule is CC1CCCC(CN2C3CCNCC2CC3)C1. The summed E-state index contributed by atoms with van der Waals surface area (Å²) in [6, 6.07) is 1.77. The first kappa shape index (κ1) is 12.0. The molecule has 2 heteroatoms. The van der Waals surface area contributed by atoms with E-state index in [0.29, 0.717) is 0 Å². The summed E-state index contributed by atoms with van der Waals surface area (Å²) in [6.45, 7) is 6.35. The third-order valence-corrected chi connectivity index (χ3v) is 5.32. The molecule has 0 radical (unpaired) electrons. The van der Waals surface area contributed by atoms with E-state index < -0.39 is 0 Å². The zero-order valence-electron chi connectivity index (χ0n) is 11.3. The van der Waals surface area contributed by atoms with Gasteiger partial charge >= 0.3 is 0 Å². The predicted molar refractivity (Wildman–Crippen MR) is 72.1 cm³/mol. The summed E-state index contributed by atoms with van der Waals surface area (Å²) < 4.78 is 0. The van der Waals surface area contributed by atoms with Gasteiger partial charge in [0.15, 0.2) is 0 Å². The molecule has 2 saturated heterocycles. The molecule has 3 fully saturated rings. The van der Waals surface area contributed by atoms with Crippen LogP contribution in [0.15, 0.2) is 0 Å². The molecule has 2 bridgehead atoms. The van der Waals surface area contributed by atoms with Gasteiger partial charge in [-0.3, -0.25) is 4.90 Å². The van der Waals surface area contributed by atoms with E-state index in [1.807, 2.05) is 0 Å². The second kappa shape index (κ2) is 5.27. The molecule has 2 nitrogen and oxygen atoms in total. The van der Waals surface area contributed by atoms with Crippen molar-refractivity contribution < 1.29 is 0 Å². The smallest absolute Gasteiger partial charge is 0.0224 e. The molecule has 4 unspecified atom stereocenters. The van der Waals surface area contributed by atoms with Gasteiger partial charge in [0.25, 0.3) is 0 Å². The summed E-state index contributed by atoms with van der Waals surface area (Å²) in [5.74, 6) is 1.98. The Morgan fingerprint density at radius 2 is 1.94 bits per heavy atom. The number of fused-ring (bicyclic) bond motifs is 2. The van der Waals surface area contributed by atoms with Gasteiger partial charge in [-0.1, -0.05) is 19.8 Å². The number of nitrogens with one attached hydrogen (secondary N) is 1. The van der Waals surface area contributed by atoms with Crippen molar-refractivity contribution in [1.29, 1.82) is 0 Å². The van der Waals surface area contributed by atoms with Crippen LogP contribution < -0.4 is 5.32 Å². The lowest BCUT2D eigenvalue weighted by molar-refractivity contribution is 0.138. The minimum Gasteiger partial charge on any atom is -0.315 e. The molecule has 1 aliphatic carbocycles. The molecular formula is C15H28N2. The molecule has 0 amide bonds. The summed E-state index contributed by atoms with van der Waals surface area (Å²) in [6.07, 6.45) is 10.2. The standard InChI is InChI=1S/C15H28N2/c1-12-3-2-4-13(9-12)11-17-14-5-6-15(17)10-16-8-7-14/h12-16H,2-11H2,1H3.